The van der Waals surface area contributed by atoms with Crippen LogP contribution in [0.15, 0.2) is 48.9 Å². The van der Waals surface area contributed by atoms with Gasteiger partial charge in [-0.25, -0.2) is 9.97 Å². The van der Waals surface area contributed by atoms with E-state index >= 15 is 0 Å². The molecule has 2 aromatic heterocycles. The third kappa shape index (κ3) is 4.34. The molecule has 1 aromatic carbocycles. The van der Waals surface area contributed by atoms with E-state index in [9.17, 15) is 4.79 Å². The summed E-state index contributed by atoms with van der Waals surface area (Å²) in [7, 11) is 0. The van der Waals surface area contributed by atoms with E-state index in [-0.39, 0.29) is 5.91 Å². The molecular weight excluding hydrogens is 340 g/mol. The number of nitrogens with one attached hydrogen (secondary N) is 1. The van der Waals surface area contributed by atoms with Gasteiger partial charge in [-0.2, -0.15) is 0 Å². The number of ether oxygens (including phenoxy) is 1. The summed E-state index contributed by atoms with van der Waals surface area (Å²) in [6.07, 6.45) is 4.74. The normalized spacial score (nSPS) is 11.9. The van der Waals surface area contributed by atoms with Gasteiger partial charge < -0.3 is 10.1 Å². The fraction of sp³-hybridized carbons (Fsp3) is 0.286. The molecule has 140 valence electrons. The Kier molecular flexibility index (Phi) is 5.54. The van der Waals surface area contributed by atoms with Gasteiger partial charge in [0.1, 0.15) is 17.4 Å². The number of pyridine rings is 1. The maximum Gasteiger partial charge on any atom is 0.261 e. The smallest absolute Gasteiger partial charge is 0.261 e. The molecule has 0 bridgehead atoms. The van der Waals surface area contributed by atoms with Crippen molar-refractivity contribution in [1.82, 2.24) is 19.9 Å². The van der Waals surface area contributed by atoms with E-state index in [1.807, 2.05) is 61.9 Å². The Balaban J connectivity index is 1.62. The van der Waals surface area contributed by atoms with Crippen LogP contribution in [-0.4, -0.2) is 26.5 Å². The highest BCUT2D eigenvalue weighted by molar-refractivity contribution is 5.80. The predicted molar refractivity (Wildman–Crippen MR) is 104 cm³/mol. The molecule has 1 atom stereocenters. The van der Waals surface area contributed by atoms with Crippen molar-refractivity contribution < 1.29 is 9.53 Å². The molecule has 0 unspecified atom stereocenters. The summed E-state index contributed by atoms with van der Waals surface area (Å²) in [5.74, 6) is 2.21. The minimum atomic E-state index is -0.581. The lowest BCUT2D eigenvalue weighted by atomic mass is 10.1. The number of rotatable bonds is 6. The van der Waals surface area contributed by atoms with Gasteiger partial charge in [0.15, 0.2) is 6.10 Å². The monoisotopic (exact) mass is 364 g/mol. The molecule has 6 heteroatoms. The van der Waals surface area contributed by atoms with Crippen molar-refractivity contribution in [3.8, 4) is 11.6 Å². The van der Waals surface area contributed by atoms with Crippen LogP contribution in [0.4, 0.5) is 0 Å². The molecule has 1 amide bonds. The molecule has 3 aromatic rings. The van der Waals surface area contributed by atoms with E-state index in [0.29, 0.717) is 6.54 Å². The largest absolute Gasteiger partial charge is 0.481 e. The number of hydrogen-bond acceptors (Lipinski definition) is 4. The average molecular weight is 364 g/mol. The molecule has 0 saturated carbocycles. The van der Waals surface area contributed by atoms with Crippen LogP contribution in [0.1, 0.15) is 29.4 Å². The second-order valence-corrected chi connectivity index (χ2v) is 6.54. The zero-order valence-corrected chi connectivity index (χ0v) is 16.1. The first-order chi connectivity index (χ1) is 13.0. The molecule has 0 spiro atoms. The number of aromatic nitrogens is 3. The van der Waals surface area contributed by atoms with Crippen molar-refractivity contribution in [2.24, 2.45) is 0 Å². The zero-order valence-electron chi connectivity index (χ0n) is 16.1. The molecule has 6 nitrogen and oxygen atoms in total. The van der Waals surface area contributed by atoms with Gasteiger partial charge in [0.25, 0.3) is 5.91 Å². The van der Waals surface area contributed by atoms with Crippen molar-refractivity contribution in [3.05, 3.63) is 71.4 Å². The number of benzene rings is 1. The van der Waals surface area contributed by atoms with E-state index in [0.717, 1.165) is 34.1 Å². The lowest BCUT2D eigenvalue weighted by Gasteiger charge is -2.17. The number of hydrogen-bond donors (Lipinski definition) is 1. The fourth-order valence-electron chi connectivity index (χ4n) is 2.75. The summed E-state index contributed by atoms with van der Waals surface area (Å²) in [5, 5.41) is 2.92. The van der Waals surface area contributed by atoms with E-state index in [2.05, 4.69) is 15.3 Å². The van der Waals surface area contributed by atoms with Crippen LogP contribution >= 0.6 is 0 Å². The summed E-state index contributed by atoms with van der Waals surface area (Å²) in [5.41, 5.74) is 3.14. The number of carbonyl (C=O) groups excluding carboxylic acids is 1. The summed E-state index contributed by atoms with van der Waals surface area (Å²) in [6, 6.07) is 9.65. The zero-order chi connectivity index (χ0) is 19.4. The molecule has 0 fully saturated rings. The Morgan fingerprint density at radius 2 is 2.00 bits per heavy atom. The summed E-state index contributed by atoms with van der Waals surface area (Å²) >= 11 is 0. The highest BCUT2D eigenvalue weighted by atomic mass is 16.5. The first kappa shape index (κ1) is 18.6. The molecule has 1 N–H and O–H groups in total. The first-order valence-electron chi connectivity index (χ1n) is 8.91. The molecule has 27 heavy (non-hydrogen) atoms. The van der Waals surface area contributed by atoms with Crippen LogP contribution in [0.25, 0.3) is 5.82 Å². The van der Waals surface area contributed by atoms with Crippen LogP contribution in [-0.2, 0) is 11.3 Å². The first-order valence-corrected chi connectivity index (χ1v) is 8.91. The van der Waals surface area contributed by atoms with Gasteiger partial charge in [-0.3, -0.25) is 9.36 Å². The third-order valence-electron chi connectivity index (χ3n) is 4.58. The fourth-order valence-corrected chi connectivity index (χ4v) is 2.75. The van der Waals surface area contributed by atoms with E-state index in [4.69, 9.17) is 4.74 Å². The summed E-state index contributed by atoms with van der Waals surface area (Å²) < 4.78 is 7.74. The summed E-state index contributed by atoms with van der Waals surface area (Å²) in [6.45, 7) is 8.09. The number of aryl methyl sites for hydroxylation is 2. The second-order valence-electron chi connectivity index (χ2n) is 6.54. The van der Waals surface area contributed by atoms with Crippen LogP contribution in [0.2, 0.25) is 0 Å². The Bertz CT molecular complexity index is 949. The van der Waals surface area contributed by atoms with Gasteiger partial charge >= 0.3 is 0 Å². The van der Waals surface area contributed by atoms with Crippen LogP contribution in [0.3, 0.4) is 0 Å². The highest BCUT2D eigenvalue weighted by Crippen LogP contribution is 2.21. The molecule has 0 aliphatic rings. The van der Waals surface area contributed by atoms with Gasteiger partial charge in [0.2, 0.25) is 0 Å². The van der Waals surface area contributed by atoms with Crippen LogP contribution in [0, 0.1) is 20.8 Å². The van der Waals surface area contributed by atoms with Crippen molar-refractivity contribution in [3.63, 3.8) is 0 Å². The predicted octanol–water partition coefficient (Wildman–Crippen LogP) is 3.28. The van der Waals surface area contributed by atoms with Crippen molar-refractivity contribution in [2.45, 2.75) is 40.3 Å². The third-order valence-corrected chi connectivity index (χ3v) is 4.58. The Hall–Kier alpha value is -3.15. The van der Waals surface area contributed by atoms with E-state index in [1.165, 1.54) is 0 Å². The van der Waals surface area contributed by atoms with Gasteiger partial charge in [0.05, 0.1) is 0 Å². The number of imidazole rings is 1. The average Bonchev–Trinajstić information content (AvgIpc) is 3.09. The van der Waals surface area contributed by atoms with Gasteiger partial charge in [-0.05, 0) is 62.6 Å². The second kappa shape index (κ2) is 8.03. The Morgan fingerprint density at radius 3 is 2.74 bits per heavy atom. The molecule has 0 aliphatic carbocycles. The van der Waals surface area contributed by atoms with Gasteiger partial charge in [-0.15, -0.1) is 0 Å². The lowest BCUT2D eigenvalue weighted by Crippen LogP contribution is -2.36. The molecule has 0 aliphatic heterocycles. The topological polar surface area (TPSA) is 69.0 Å². The van der Waals surface area contributed by atoms with Crippen molar-refractivity contribution >= 4 is 5.91 Å². The quantitative estimate of drug-likeness (QED) is 0.729. The Labute approximate surface area is 159 Å². The highest BCUT2D eigenvalue weighted by Gasteiger charge is 2.16. The number of carbonyl (C=O) groups is 1. The Morgan fingerprint density at radius 1 is 1.19 bits per heavy atom. The van der Waals surface area contributed by atoms with E-state index in [1.54, 1.807) is 19.3 Å². The number of nitrogens with zero attached hydrogens (tertiary/aromatic N) is 3. The maximum atomic E-state index is 12.4. The standard InChI is InChI=1S/C21H24N4O2/c1-14-6-5-7-19(15(14)2)27-16(3)21(26)24-13-18-8-9-23-20(12-18)25-11-10-22-17(25)4/h5-12,16H,13H2,1-4H3,(H,24,26)/t16-/m0/s1. The van der Waals surface area contributed by atoms with Gasteiger partial charge in [0, 0.05) is 25.1 Å². The van der Waals surface area contributed by atoms with Crippen molar-refractivity contribution in [1.29, 1.82) is 0 Å². The van der Waals surface area contributed by atoms with Crippen molar-refractivity contribution in [2.75, 3.05) is 0 Å². The molecule has 3 rings (SSSR count). The minimum absolute atomic E-state index is 0.159. The SMILES string of the molecule is Cc1cccc(O[C@@H](C)C(=O)NCc2ccnc(-n3ccnc3C)c2)c1C. The number of amides is 1. The van der Waals surface area contributed by atoms with Crippen LogP contribution in [0.5, 0.6) is 5.75 Å². The van der Waals surface area contributed by atoms with Gasteiger partial charge in [-0.1, -0.05) is 12.1 Å². The molecule has 2 heterocycles. The molecule has 0 radical (unpaired) electrons. The maximum absolute atomic E-state index is 12.4. The summed E-state index contributed by atoms with van der Waals surface area (Å²) in [4.78, 5) is 21.0. The lowest BCUT2D eigenvalue weighted by molar-refractivity contribution is -0.127. The molecule has 0 saturated heterocycles. The van der Waals surface area contributed by atoms with Crippen LogP contribution < -0.4 is 10.1 Å². The minimum Gasteiger partial charge on any atom is -0.481 e. The van der Waals surface area contributed by atoms with E-state index < -0.39 is 6.10 Å². The molecular formula is C21H24N4O2.